The smallest absolute Gasteiger partial charge is 0.156 e. The van der Waals surface area contributed by atoms with E-state index in [-0.39, 0.29) is 0 Å². The van der Waals surface area contributed by atoms with Crippen molar-refractivity contribution in [1.29, 1.82) is 0 Å². The van der Waals surface area contributed by atoms with Gasteiger partial charge in [-0.05, 0) is 18.5 Å². The van der Waals surface area contributed by atoms with Crippen LogP contribution in [-0.4, -0.2) is 32.4 Å². The molecule has 0 unspecified atom stereocenters. The van der Waals surface area contributed by atoms with Crippen LogP contribution in [0.5, 0.6) is 0 Å². The molecule has 2 atom stereocenters. The molecular formula is C14H17N5. The van der Waals surface area contributed by atoms with Crippen LogP contribution < -0.4 is 5.32 Å². The summed E-state index contributed by atoms with van der Waals surface area (Å²) in [6.45, 7) is 4.41. The first-order valence-corrected chi connectivity index (χ1v) is 6.88. The Morgan fingerprint density at radius 3 is 3.16 bits per heavy atom. The third-order valence-electron chi connectivity index (χ3n) is 4.31. The molecule has 1 aliphatic heterocycles. The molecule has 98 valence electrons. The number of nitrogens with one attached hydrogen (secondary N) is 2. The van der Waals surface area contributed by atoms with Gasteiger partial charge in [0, 0.05) is 30.6 Å². The van der Waals surface area contributed by atoms with Crippen LogP contribution in [0.3, 0.4) is 0 Å². The molecule has 5 heteroatoms. The van der Waals surface area contributed by atoms with Crippen molar-refractivity contribution in [3.05, 3.63) is 30.4 Å². The second-order valence-corrected chi connectivity index (χ2v) is 5.28. The summed E-state index contributed by atoms with van der Waals surface area (Å²) in [5, 5.41) is 3.50. The van der Waals surface area contributed by atoms with Gasteiger partial charge in [0.1, 0.15) is 0 Å². The van der Waals surface area contributed by atoms with Crippen LogP contribution >= 0.6 is 0 Å². The van der Waals surface area contributed by atoms with Crippen LogP contribution in [0.2, 0.25) is 0 Å². The fraction of sp³-hybridized carbons (Fsp3) is 0.429. The van der Waals surface area contributed by atoms with Gasteiger partial charge >= 0.3 is 0 Å². The minimum absolute atomic E-state index is 0.542. The molecule has 1 saturated heterocycles. The maximum absolute atomic E-state index is 4.52. The van der Waals surface area contributed by atoms with Crippen LogP contribution in [0.4, 0.5) is 0 Å². The molecule has 3 aromatic heterocycles. The highest BCUT2D eigenvalue weighted by molar-refractivity contribution is 5.74. The van der Waals surface area contributed by atoms with E-state index in [4.69, 9.17) is 0 Å². The molecule has 0 bridgehead atoms. The third-order valence-corrected chi connectivity index (χ3v) is 4.31. The van der Waals surface area contributed by atoms with Gasteiger partial charge in [0.2, 0.25) is 0 Å². The van der Waals surface area contributed by atoms with E-state index < -0.39 is 0 Å². The molecule has 19 heavy (non-hydrogen) atoms. The van der Waals surface area contributed by atoms with Gasteiger partial charge in [0.15, 0.2) is 11.3 Å². The SMILES string of the molecule is CC[C@H]1CNC[C@@H]1c1cnc2cnc3[nH]ccc3n12. The van der Waals surface area contributed by atoms with Gasteiger partial charge in [0.25, 0.3) is 0 Å². The first-order valence-electron chi connectivity index (χ1n) is 6.88. The van der Waals surface area contributed by atoms with Crippen LogP contribution in [-0.2, 0) is 0 Å². The highest BCUT2D eigenvalue weighted by Crippen LogP contribution is 2.31. The Hall–Kier alpha value is -1.88. The summed E-state index contributed by atoms with van der Waals surface area (Å²) in [5.41, 5.74) is 4.28. The molecule has 2 N–H and O–H groups in total. The van der Waals surface area contributed by atoms with Crippen molar-refractivity contribution in [3.8, 4) is 0 Å². The zero-order chi connectivity index (χ0) is 12.8. The molecule has 1 aliphatic rings. The molecule has 0 radical (unpaired) electrons. The number of rotatable bonds is 2. The summed E-state index contributed by atoms with van der Waals surface area (Å²) in [6, 6.07) is 2.07. The number of fused-ring (bicyclic) bond motifs is 3. The number of imidazole rings is 1. The van der Waals surface area contributed by atoms with E-state index in [0.29, 0.717) is 11.8 Å². The fourth-order valence-corrected chi connectivity index (χ4v) is 3.26. The zero-order valence-electron chi connectivity index (χ0n) is 10.9. The second-order valence-electron chi connectivity index (χ2n) is 5.28. The average molecular weight is 255 g/mol. The summed E-state index contributed by atoms with van der Waals surface area (Å²) in [6.07, 6.45) is 6.99. The first kappa shape index (κ1) is 11.0. The van der Waals surface area contributed by atoms with E-state index in [9.17, 15) is 0 Å². The lowest BCUT2D eigenvalue weighted by molar-refractivity contribution is 0.493. The van der Waals surface area contributed by atoms with Gasteiger partial charge in [0.05, 0.1) is 11.7 Å². The summed E-state index contributed by atoms with van der Waals surface area (Å²) in [5.74, 6) is 1.24. The number of hydrogen-bond donors (Lipinski definition) is 2. The Kier molecular flexibility index (Phi) is 2.35. The van der Waals surface area contributed by atoms with Crippen LogP contribution in [0.1, 0.15) is 25.0 Å². The van der Waals surface area contributed by atoms with Gasteiger partial charge in [-0.3, -0.25) is 4.40 Å². The quantitative estimate of drug-likeness (QED) is 0.735. The zero-order valence-corrected chi connectivity index (χ0v) is 10.9. The normalized spacial score (nSPS) is 23.6. The number of aromatic amines is 1. The largest absolute Gasteiger partial charge is 0.345 e. The number of H-pyrrole nitrogens is 1. The average Bonchev–Trinajstić information content (AvgIpc) is 3.15. The highest BCUT2D eigenvalue weighted by Gasteiger charge is 2.29. The molecule has 0 aliphatic carbocycles. The van der Waals surface area contributed by atoms with E-state index in [1.807, 2.05) is 18.6 Å². The first-order chi connectivity index (χ1) is 9.38. The minimum Gasteiger partial charge on any atom is -0.345 e. The van der Waals surface area contributed by atoms with Crippen molar-refractivity contribution >= 4 is 16.8 Å². The van der Waals surface area contributed by atoms with Gasteiger partial charge < -0.3 is 10.3 Å². The molecule has 0 amide bonds. The van der Waals surface area contributed by atoms with E-state index in [1.54, 1.807) is 0 Å². The Morgan fingerprint density at radius 2 is 2.26 bits per heavy atom. The molecule has 0 saturated carbocycles. The van der Waals surface area contributed by atoms with E-state index >= 15 is 0 Å². The van der Waals surface area contributed by atoms with E-state index in [2.05, 4.69) is 37.7 Å². The molecule has 3 aromatic rings. The van der Waals surface area contributed by atoms with Crippen molar-refractivity contribution in [2.45, 2.75) is 19.3 Å². The van der Waals surface area contributed by atoms with E-state index in [0.717, 1.165) is 29.9 Å². The predicted molar refractivity (Wildman–Crippen MR) is 74.2 cm³/mol. The Bertz CT molecular complexity index is 726. The van der Waals surface area contributed by atoms with Crippen LogP contribution in [0, 0.1) is 5.92 Å². The Balaban J connectivity index is 1.96. The standard InChI is InChI=1S/C14H17N5/c1-2-9-5-15-6-10(9)12-7-17-13-8-18-14-11(19(12)13)3-4-16-14/h3-4,7-10,15-16H,2,5-6H2,1H3/t9-,10-/m0/s1. The Labute approximate surface area is 111 Å². The summed E-state index contributed by atoms with van der Waals surface area (Å²) < 4.78 is 2.25. The highest BCUT2D eigenvalue weighted by atomic mass is 15.1. The van der Waals surface area contributed by atoms with Crippen molar-refractivity contribution in [2.75, 3.05) is 13.1 Å². The monoisotopic (exact) mass is 255 g/mol. The van der Waals surface area contributed by atoms with Gasteiger partial charge in [-0.2, -0.15) is 0 Å². The van der Waals surface area contributed by atoms with Crippen LogP contribution in [0.15, 0.2) is 24.7 Å². The summed E-state index contributed by atoms with van der Waals surface area (Å²) in [4.78, 5) is 12.1. The number of aromatic nitrogens is 4. The summed E-state index contributed by atoms with van der Waals surface area (Å²) in [7, 11) is 0. The maximum Gasteiger partial charge on any atom is 0.156 e. The minimum atomic E-state index is 0.542. The van der Waals surface area contributed by atoms with Crippen molar-refractivity contribution in [3.63, 3.8) is 0 Å². The predicted octanol–water partition coefficient (Wildman–Crippen LogP) is 1.92. The lowest BCUT2D eigenvalue weighted by atomic mass is 9.91. The molecular weight excluding hydrogens is 238 g/mol. The molecule has 0 spiro atoms. The van der Waals surface area contributed by atoms with Crippen LogP contribution in [0.25, 0.3) is 16.8 Å². The number of nitrogens with zero attached hydrogens (tertiary/aromatic N) is 3. The van der Waals surface area contributed by atoms with E-state index in [1.165, 1.54) is 12.1 Å². The van der Waals surface area contributed by atoms with Crippen molar-refractivity contribution in [1.82, 2.24) is 24.7 Å². The molecule has 1 fully saturated rings. The molecule has 0 aromatic carbocycles. The maximum atomic E-state index is 4.52. The molecule has 4 rings (SSSR count). The van der Waals surface area contributed by atoms with Crippen molar-refractivity contribution < 1.29 is 0 Å². The summed E-state index contributed by atoms with van der Waals surface area (Å²) >= 11 is 0. The fourth-order valence-electron chi connectivity index (χ4n) is 3.26. The topological polar surface area (TPSA) is 58.0 Å². The third kappa shape index (κ3) is 1.51. The lowest BCUT2D eigenvalue weighted by Crippen LogP contribution is -2.12. The van der Waals surface area contributed by atoms with Gasteiger partial charge in [-0.25, -0.2) is 9.97 Å². The van der Waals surface area contributed by atoms with Crippen molar-refractivity contribution in [2.24, 2.45) is 5.92 Å². The molecule has 4 heterocycles. The molecule has 5 nitrogen and oxygen atoms in total. The number of hydrogen-bond acceptors (Lipinski definition) is 3. The second kappa shape index (κ2) is 4.06. The van der Waals surface area contributed by atoms with Gasteiger partial charge in [-0.1, -0.05) is 13.3 Å². The Morgan fingerprint density at radius 1 is 1.32 bits per heavy atom. The lowest BCUT2D eigenvalue weighted by Gasteiger charge is -2.16. The van der Waals surface area contributed by atoms with Gasteiger partial charge in [-0.15, -0.1) is 0 Å².